The molecule has 0 amide bonds. The summed E-state index contributed by atoms with van der Waals surface area (Å²) in [5, 5.41) is 1.93. The molecule has 1 aliphatic rings. The van der Waals surface area contributed by atoms with Crippen LogP contribution in [0.1, 0.15) is 10.6 Å². The summed E-state index contributed by atoms with van der Waals surface area (Å²) in [4.78, 5) is 28.7. The molecule has 3 aromatic rings. The first-order chi connectivity index (χ1) is 12.7. The highest BCUT2D eigenvalue weighted by molar-refractivity contribution is 7.17. The van der Waals surface area contributed by atoms with Crippen molar-refractivity contribution in [3.63, 3.8) is 0 Å². The fourth-order valence-electron chi connectivity index (χ4n) is 2.99. The zero-order chi connectivity index (χ0) is 18.1. The van der Waals surface area contributed by atoms with Crippen molar-refractivity contribution in [2.75, 3.05) is 43.1 Å². The van der Waals surface area contributed by atoms with Gasteiger partial charge in [-0.25, -0.2) is 19.2 Å². The number of esters is 1. The van der Waals surface area contributed by atoms with E-state index in [9.17, 15) is 9.18 Å². The fraction of sp³-hybridized carbons (Fsp3) is 0.294. The number of anilines is 2. The standard InChI is InChI=1S/C17H16FN5O2S/c1-25-17(24)15-20-13-2-7-26-14(13)16(21-15)23-5-3-22(4-6-23)12-8-11(18)9-19-10-12/h2,7-10H,3-6H2,1H3. The number of carbonyl (C=O) groups excluding carboxylic acids is 1. The van der Waals surface area contributed by atoms with Crippen molar-refractivity contribution >= 4 is 39.0 Å². The summed E-state index contributed by atoms with van der Waals surface area (Å²) >= 11 is 1.54. The molecule has 0 spiro atoms. The van der Waals surface area contributed by atoms with E-state index >= 15 is 0 Å². The van der Waals surface area contributed by atoms with Gasteiger partial charge in [-0.2, -0.15) is 0 Å². The van der Waals surface area contributed by atoms with E-state index in [1.807, 2.05) is 11.4 Å². The Labute approximate surface area is 153 Å². The molecule has 1 aliphatic heterocycles. The Bertz CT molecular complexity index is 955. The van der Waals surface area contributed by atoms with Crippen LogP contribution in [0.5, 0.6) is 0 Å². The van der Waals surface area contributed by atoms with Crippen LogP contribution in [-0.2, 0) is 4.74 Å². The number of thiophene rings is 1. The number of aromatic nitrogens is 3. The Balaban J connectivity index is 1.59. The Hall–Kier alpha value is -2.81. The van der Waals surface area contributed by atoms with Gasteiger partial charge in [-0.15, -0.1) is 11.3 Å². The number of rotatable bonds is 3. The Morgan fingerprint density at radius 3 is 2.69 bits per heavy atom. The van der Waals surface area contributed by atoms with Gasteiger partial charge in [-0.05, 0) is 11.4 Å². The van der Waals surface area contributed by atoms with Crippen LogP contribution in [0, 0.1) is 5.82 Å². The molecule has 4 rings (SSSR count). The smallest absolute Gasteiger partial charge is 0.376 e. The van der Waals surface area contributed by atoms with E-state index in [0.717, 1.165) is 21.7 Å². The van der Waals surface area contributed by atoms with Crippen LogP contribution < -0.4 is 9.80 Å². The average molecular weight is 373 g/mol. The topological polar surface area (TPSA) is 71.5 Å². The average Bonchev–Trinajstić information content (AvgIpc) is 3.15. The summed E-state index contributed by atoms with van der Waals surface area (Å²) in [6.45, 7) is 2.80. The van der Waals surface area contributed by atoms with Crippen LogP contribution >= 0.6 is 11.3 Å². The molecule has 0 aromatic carbocycles. The maximum absolute atomic E-state index is 13.4. The lowest BCUT2D eigenvalue weighted by Crippen LogP contribution is -2.47. The molecule has 0 bridgehead atoms. The van der Waals surface area contributed by atoms with Gasteiger partial charge in [-0.3, -0.25) is 4.98 Å². The number of pyridine rings is 1. The van der Waals surface area contributed by atoms with E-state index in [0.29, 0.717) is 26.2 Å². The number of nitrogens with zero attached hydrogens (tertiary/aromatic N) is 5. The highest BCUT2D eigenvalue weighted by Crippen LogP contribution is 2.30. The molecule has 0 aliphatic carbocycles. The van der Waals surface area contributed by atoms with Crippen molar-refractivity contribution < 1.29 is 13.9 Å². The lowest BCUT2D eigenvalue weighted by molar-refractivity contribution is 0.0587. The number of halogens is 1. The highest BCUT2D eigenvalue weighted by atomic mass is 32.1. The Morgan fingerprint density at radius 2 is 1.96 bits per heavy atom. The lowest BCUT2D eigenvalue weighted by Gasteiger charge is -2.36. The first kappa shape index (κ1) is 16.6. The summed E-state index contributed by atoms with van der Waals surface area (Å²) < 4.78 is 19.1. The number of hydrogen-bond donors (Lipinski definition) is 0. The molecule has 7 nitrogen and oxygen atoms in total. The zero-order valence-electron chi connectivity index (χ0n) is 14.1. The second-order valence-corrected chi connectivity index (χ2v) is 6.75. The maximum atomic E-state index is 13.4. The van der Waals surface area contributed by atoms with Crippen molar-refractivity contribution in [2.45, 2.75) is 0 Å². The third kappa shape index (κ3) is 3.05. The number of piperazine rings is 1. The largest absolute Gasteiger partial charge is 0.463 e. The number of carbonyl (C=O) groups is 1. The van der Waals surface area contributed by atoms with Gasteiger partial charge in [0.2, 0.25) is 5.82 Å². The van der Waals surface area contributed by atoms with Gasteiger partial charge in [-0.1, -0.05) is 0 Å². The zero-order valence-corrected chi connectivity index (χ0v) is 14.9. The van der Waals surface area contributed by atoms with Crippen molar-refractivity contribution in [3.05, 3.63) is 41.5 Å². The maximum Gasteiger partial charge on any atom is 0.376 e. The van der Waals surface area contributed by atoms with Gasteiger partial charge in [0.25, 0.3) is 0 Å². The third-order valence-electron chi connectivity index (χ3n) is 4.29. The first-order valence-corrected chi connectivity index (χ1v) is 8.97. The summed E-state index contributed by atoms with van der Waals surface area (Å²) in [7, 11) is 1.31. The van der Waals surface area contributed by atoms with Gasteiger partial charge in [0.1, 0.15) is 5.82 Å². The summed E-state index contributed by atoms with van der Waals surface area (Å²) in [6, 6.07) is 3.35. The minimum Gasteiger partial charge on any atom is -0.463 e. The molecule has 0 atom stereocenters. The molecule has 0 unspecified atom stereocenters. The predicted octanol–water partition coefficient (Wildman–Crippen LogP) is 2.34. The molecule has 1 saturated heterocycles. The van der Waals surface area contributed by atoms with Crippen LogP contribution in [0.4, 0.5) is 15.9 Å². The highest BCUT2D eigenvalue weighted by Gasteiger charge is 2.23. The van der Waals surface area contributed by atoms with Crippen molar-refractivity contribution in [2.24, 2.45) is 0 Å². The van der Waals surface area contributed by atoms with Crippen LogP contribution in [0.2, 0.25) is 0 Å². The van der Waals surface area contributed by atoms with Gasteiger partial charge in [0.15, 0.2) is 5.82 Å². The monoisotopic (exact) mass is 373 g/mol. The van der Waals surface area contributed by atoms with E-state index in [4.69, 9.17) is 4.74 Å². The van der Waals surface area contributed by atoms with Gasteiger partial charge < -0.3 is 14.5 Å². The first-order valence-electron chi connectivity index (χ1n) is 8.09. The third-order valence-corrected chi connectivity index (χ3v) is 5.19. The molecular weight excluding hydrogens is 357 g/mol. The van der Waals surface area contributed by atoms with Crippen molar-refractivity contribution in [1.82, 2.24) is 15.0 Å². The normalized spacial score (nSPS) is 14.7. The molecule has 3 aromatic heterocycles. The predicted molar refractivity (Wildman–Crippen MR) is 97.4 cm³/mol. The molecule has 0 N–H and O–H groups in total. The summed E-state index contributed by atoms with van der Waals surface area (Å²) in [5.41, 5.74) is 1.50. The van der Waals surface area contributed by atoms with Gasteiger partial charge in [0.05, 0.1) is 35.4 Å². The number of methoxy groups -OCH3 is 1. The van der Waals surface area contributed by atoms with Crippen LogP contribution in [-0.4, -0.2) is 54.2 Å². The molecule has 26 heavy (non-hydrogen) atoms. The van der Waals surface area contributed by atoms with Crippen LogP contribution in [0.15, 0.2) is 29.9 Å². The molecule has 0 saturated carbocycles. The molecule has 4 heterocycles. The van der Waals surface area contributed by atoms with Gasteiger partial charge in [0, 0.05) is 32.2 Å². The van der Waals surface area contributed by atoms with E-state index in [2.05, 4.69) is 24.8 Å². The SMILES string of the molecule is COC(=O)c1nc(N2CCN(c3cncc(F)c3)CC2)c2sccc2n1. The van der Waals surface area contributed by atoms with Gasteiger partial charge >= 0.3 is 5.97 Å². The van der Waals surface area contributed by atoms with E-state index in [-0.39, 0.29) is 11.6 Å². The minimum absolute atomic E-state index is 0.0603. The van der Waals surface area contributed by atoms with Crippen molar-refractivity contribution in [1.29, 1.82) is 0 Å². The fourth-order valence-corrected chi connectivity index (χ4v) is 3.84. The van der Waals surface area contributed by atoms with E-state index < -0.39 is 5.97 Å². The van der Waals surface area contributed by atoms with E-state index in [1.165, 1.54) is 19.4 Å². The number of hydrogen-bond acceptors (Lipinski definition) is 8. The Morgan fingerprint density at radius 1 is 1.19 bits per heavy atom. The number of ether oxygens (including phenoxy) is 1. The summed E-state index contributed by atoms with van der Waals surface area (Å²) in [5.74, 6) is -0.0971. The second-order valence-electron chi connectivity index (χ2n) is 5.83. The minimum atomic E-state index is -0.552. The quantitative estimate of drug-likeness (QED) is 0.653. The second kappa shape index (κ2) is 6.83. The van der Waals surface area contributed by atoms with Crippen molar-refractivity contribution in [3.8, 4) is 0 Å². The molecule has 134 valence electrons. The Kier molecular flexibility index (Phi) is 4.37. The number of fused-ring (bicyclic) bond motifs is 1. The van der Waals surface area contributed by atoms with Crippen LogP contribution in [0.3, 0.4) is 0 Å². The molecular formula is C17H16FN5O2S. The molecule has 0 radical (unpaired) electrons. The summed E-state index contributed by atoms with van der Waals surface area (Å²) in [6.07, 6.45) is 2.86. The molecule has 1 fully saturated rings. The van der Waals surface area contributed by atoms with E-state index in [1.54, 1.807) is 17.5 Å². The molecule has 9 heteroatoms. The lowest BCUT2D eigenvalue weighted by atomic mass is 10.2. The van der Waals surface area contributed by atoms with Crippen LogP contribution in [0.25, 0.3) is 10.2 Å².